The minimum absolute atomic E-state index is 0.114. The van der Waals surface area contributed by atoms with Crippen molar-refractivity contribution in [3.8, 4) is 0 Å². The van der Waals surface area contributed by atoms with Crippen LogP contribution in [0, 0.1) is 0 Å². The third-order valence-electron chi connectivity index (χ3n) is 4.94. The van der Waals surface area contributed by atoms with Crippen LogP contribution >= 0.6 is 0 Å². The van der Waals surface area contributed by atoms with Crippen molar-refractivity contribution < 1.29 is 4.79 Å². The van der Waals surface area contributed by atoms with Gasteiger partial charge in [0.25, 0.3) is 0 Å². The van der Waals surface area contributed by atoms with Crippen molar-refractivity contribution >= 4 is 17.8 Å². The number of anilines is 1. The molecule has 0 bridgehead atoms. The summed E-state index contributed by atoms with van der Waals surface area (Å²) < 4.78 is 0. The lowest BCUT2D eigenvalue weighted by Gasteiger charge is -2.36. The highest BCUT2D eigenvalue weighted by atomic mass is 16.2. The summed E-state index contributed by atoms with van der Waals surface area (Å²) in [6.07, 6.45) is 3.96. The van der Waals surface area contributed by atoms with E-state index in [-0.39, 0.29) is 5.91 Å². The van der Waals surface area contributed by atoms with E-state index in [0.29, 0.717) is 19.5 Å². The van der Waals surface area contributed by atoms with Crippen LogP contribution in [-0.4, -0.2) is 78.5 Å². The number of aromatic nitrogens is 2. The standard InChI is InChI=1S/C21H29N7O/c1-22-20(27-13-15-28(16-14-27)21-23-10-6-11-24-21)25-12-9-19(29)26(2)17-18-7-4-3-5-8-18/h3-8,10-11H,9,12-17H2,1-2H3,(H,22,25). The molecule has 0 saturated carbocycles. The molecule has 0 radical (unpaired) electrons. The van der Waals surface area contributed by atoms with E-state index in [1.54, 1.807) is 24.3 Å². The molecule has 1 aliphatic heterocycles. The quantitative estimate of drug-likeness (QED) is 0.586. The van der Waals surface area contributed by atoms with Gasteiger partial charge in [-0.15, -0.1) is 0 Å². The number of hydrogen-bond acceptors (Lipinski definition) is 5. The maximum Gasteiger partial charge on any atom is 0.225 e. The highest BCUT2D eigenvalue weighted by Crippen LogP contribution is 2.10. The molecule has 29 heavy (non-hydrogen) atoms. The van der Waals surface area contributed by atoms with Crippen molar-refractivity contribution in [2.45, 2.75) is 13.0 Å². The van der Waals surface area contributed by atoms with Gasteiger partial charge in [0.15, 0.2) is 5.96 Å². The van der Waals surface area contributed by atoms with Gasteiger partial charge in [0.05, 0.1) is 0 Å². The molecule has 1 fully saturated rings. The molecule has 0 aliphatic carbocycles. The van der Waals surface area contributed by atoms with Gasteiger partial charge in [-0.1, -0.05) is 30.3 Å². The zero-order valence-electron chi connectivity index (χ0n) is 17.2. The lowest BCUT2D eigenvalue weighted by atomic mass is 10.2. The van der Waals surface area contributed by atoms with Gasteiger partial charge >= 0.3 is 0 Å². The van der Waals surface area contributed by atoms with E-state index in [1.165, 1.54) is 0 Å². The van der Waals surface area contributed by atoms with Crippen molar-refractivity contribution in [2.75, 3.05) is 51.7 Å². The largest absolute Gasteiger partial charge is 0.356 e. The average molecular weight is 396 g/mol. The Labute approximate surface area is 172 Å². The van der Waals surface area contributed by atoms with Crippen LogP contribution in [0.1, 0.15) is 12.0 Å². The number of nitrogens with one attached hydrogen (secondary N) is 1. The fourth-order valence-electron chi connectivity index (χ4n) is 3.32. The van der Waals surface area contributed by atoms with E-state index in [2.05, 4.69) is 30.1 Å². The molecule has 2 aromatic rings. The maximum atomic E-state index is 12.4. The Bertz CT molecular complexity index is 789. The zero-order chi connectivity index (χ0) is 20.5. The average Bonchev–Trinajstić information content (AvgIpc) is 2.78. The molecule has 1 saturated heterocycles. The van der Waals surface area contributed by atoms with Crippen LogP contribution in [0.2, 0.25) is 0 Å². The van der Waals surface area contributed by atoms with Crippen molar-refractivity contribution in [2.24, 2.45) is 4.99 Å². The number of nitrogens with zero attached hydrogens (tertiary/aromatic N) is 6. The van der Waals surface area contributed by atoms with Crippen LogP contribution in [0.3, 0.4) is 0 Å². The summed E-state index contributed by atoms with van der Waals surface area (Å²) >= 11 is 0. The number of guanidine groups is 1. The molecule has 1 aliphatic rings. The van der Waals surface area contributed by atoms with Crippen molar-refractivity contribution in [3.05, 3.63) is 54.4 Å². The van der Waals surface area contributed by atoms with E-state index in [1.807, 2.05) is 43.4 Å². The fourth-order valence-corrected chi connectivity index (χ4v) is 3.32. The maximum absolute atomic E-state index is 12.4. The number of hydrogen-bond donors (Lipinski definition) is 1. The predicted molar refractivity (Wildman–Crippen MR) is 115 cm³/mol. The van der Waals surface area contributed by atoms with E-state index >= 15 is 0 Å². The molecule has 0 unspecified atom stereocenters. The number of piperazine rings is 1. The molecule has 154 valence electrons. The topological polar surface area (TPSA) is 77.0 Å². The normalized spacial score (nSPS) is 14.6. The minimum atomic E-state index is 0.114. The monoisotopic (exact) mass is 395 g/mol. The molecule has 0 spiro atoms. The van der Waals surface area contributed by atoms with E-state index in [0.717, 1.165) is 43.7 Å². The molecule has 1 aromatic carbocycles. The molecule has 8 nitrogen and oxygen atoms in total. The minimum Gasteiger partial charge on any atom is -0.356 e. The molecular weight excluding hydrogens is 366 g/mol. The highest BCUT2D eigenvalue weighted by molar-refractivity contribution is 5.81. The van der Waals surface area contributed by atoms with Gasteiger partial charge in [-0.25, -0.2) is 9.97 Å². The molecule has 1 N–H and O–H groups in total. The van der Waals surface area contributed by atoms with Gasteiger partial charge in [-0.3, -0.25) is 9.79 Å². The Morgan fingerprint density at radius 1 is 1.10 bits per heavy atom. The Morgan fingerprint density at radius 3 is 2.45 bits per heavy atom. The van der Waals surface area contributed by atoms with Gasteiger partial charge in [-0.05, 0) is 11.6 Å². The zero-order valence-corrected chi connectivity index (χ0v) is 17.2. The third-order valence-corrected chi connectivity index (χ3v) is 4.94. The van der Waals surface area contributed by atoms with Crippen LogP contribution in [-0.2, 0) is 11.3 Å². The number of aliphatic imine (C=N–C) groups is 1. The van der Waals surface area contributed by atoms with Crippen molar-refractivity contribution in [3.63, 3.8) is 0 Å². The van der Waals surface area contributed by atoms with Crippen molar-refractivity contribution in [1.82, 2.24) is 25.1 Å². The lowest BCUT2D eigenvalue weighted by molar-refractivity contribution is -0.130. The molecule has 3 rings (SSSR count). The second-order valence-electron chi connectivity index (χ2n) is 6.98. The summed E-state index contributed by atoms with van der Waals surface area (Å²) in [6, 6.07) is 11.8. The first-order valence-corrected chi connectivity index (χ1v) is 9.93. The smallest absolute Gasteiger partial charge is 0.225 e. The van der Waals surface area contributed by atoms with Crippen LogP contribution in [0.5, 0.6) is 0 Å². The van der Waals surface area contributed by atoms with Gasteiger partial charge in [0.2, 0.25) is 11.9 Å². The Hall–Kier alpha value is -3.16. The number of carbonyl (C=O) groups excluding carboxylic acids is 1. The first-order valence-electron chi connectivity index (χ1n) is 9.93. The second kappa shape index (κ2) is 10.4. The SMILES string of the molecule is CN=C(NCCC(=O)N(C)Cc1ccccc1)N1CCN(c2ncccn2)CC1. The second-order valence-corrected chi connectivity index (χ2v) is 6.98. The Morgan fingerprint density at radius 2 is 1.79 bits per heavy atom. The van der Waals surface area contributed by atoms with E-state index < -0.39 is 0 Å². The Kier molecular flexibility index (Phi) is 7.38. The van der Waals surface area contributed by atoms with Gasteiger partial charge in [0.1, 0.15) is 0 Å². The summed E-state index contributed by atoms with van der Waals surface area (Å²) in [5, 5.41) is 3.32. The number of benzene rings is 1. The van der Waals surface area contributed by atoms with Gasteiger partial charge in [-0.2, -0.15) is 0 Å². The lowest BCUT2D eigenvalue weighted by Crippen LogP contribution is -2.53. The van der Waals surface area contributed by atoms with Crippen LogP contribution in [0.25, 0.3) is 0 Å². The first-order chi connectivity index (χ1) is 14.2. The first kappa shape index (κ1) is 20.6. The molecule has 1 aromatic heterocycles. The van der Waals surface area contributed by atoms with Crippen LogP contribution < -0.4 is 10.2 Å². The summed E-state index contributed by atoms with van der Waals surface area (Å²) in [6.45, 7) is 4.52. The van der Waals surface area contributed by atoms with Crippen molar-refractivity contribution in [1.29, 1.82) is 0 Å². The summed E-state index contributed by atoms with van der Waals surface area (Å²) in [7, 11) is 3.62. The summed E-state index contributed by atoms with van der Waals surface area (Å²) in [4.78, 5) is 31.6. The Balaban J connectivity index is 1.41. The molecular formula is C21H29N7O. The number of rotatable bonds is 6. The third kappa shape index (κ3) is 5.91. The van der Waals surface area contributed by atoms with Gasteiger partial charge in [0, 0.05) is 72.2 Å². The van der Waals surface area contributed by atoms with E-state index in [4.69, 9.17) is 0 Å². The molecule has 1 amide bonds. The molecule has 8 heteroatoms. The molecule has 0 atom stereocenters. The summed E-state index contributed by atoms with van der Waals surface area (Å²) in [5.74, 6) is 1.71. The van der Waals surface area contributed by atoms with Crippen LogP contribution in [0.4, 0.5) is 5.95 Å². The molecule has 2 heterocycles. The predicted octanol–water partition coefficient (Wildman–Crippen LogP) is 1.22. The number of amides is 1. The van der Waals surface area contributed by atoms with Gasteiger partial charge < -0.3 is 20.0 Å². The fraction of sp³-hybridized carbons (Fsp3) is 0.429. The van der Waals surface area contributed by atoms with E-state index in [9.17, 15) is 4.79 Å². The van der Waals surface area contributed by atoms with Crippen LogP contribution in [0.15, 0.2) is 53.8 Å². The number of carbonyl (C=O) groups is 1. The highest BCUT2D eigenvalue weighted by Gasteiger charge is 2.21. The summed E-state index contributed by atoms with van der Waals surface area (Å²) in [5.41, 5.74) is 1.13.